The van der Waals surface area contributed by atoms with Crippen LogP contribution in [0.4, 0.5) is 0 Å². The Bertz CT molecular complexity index is 1190. The monoisotopic (exact) mass is 444 g/mol. The standard InChI is InChI=1S/C29H32O4/c1-17(2)14-20-16-19(5)26(21-10-6-8-12-23(21)28(30)31)27(25(20)15-18(3)4)22-11-7-9-13-24(22)29(32)33/h6-13,16-18H,14-15H2,1-5H3,(H,30,31)(H,32,33). The van der Waals surface area contributed by atoms with Crippen LogP contribution in [-0.4, -0.2) is 22.2 Å². The van der Waals surface area contributed by atoms with Crippen molar-refractivity contribution in [2.75, 3.05) is 0 Å². The van der Waals surface area contributed by atoms with Crippen LogP contribution in [0.2, 0.25) is 0 Å². The van der Waals surface area contributed by atoms with Crippen molar-refractivity contribution in [2.24, 2.45) is 11.8 Å². The van der Waals surface area contributed by atoms with E-state index in [9.17, 15) is 19.8 Å². The zero-order valence-corrected chi connectivity index (χ0v) is 20.0. The fourth-order valence-electron chi connectivity index (χ4n) is 4.61. The first kappa shape index (κ1) is 24.2. The third-order valence-electron chi connectivity index (χ3n) is 5.82. The molecule has 0 unspecified atom stereocenters. The van der Waals surface area contributed by atoms with Crippen LogP contribution in [0.3, 0.4) is 0 Å². The molecule has 0 bridgehead atoms. The van der Waals surface area contributed by atoms with Crippen molar-refractivity contribution in [3.05, 3.63) is 82.4 Å². The Morgan fingerprint density at radius 1 is 0.727 bits per heavy atom. The number of carboxylic acids is 2. The molecule has 3 aromatic rings. The minimum Gasteiger partial charge on any atom is -0.478 e. The van der Waals surface area contributed by atoms with Crippen LogP contribution in [0.5, 0.6) is 0 Å². The number of carbonyl (C=O) groups is 2. The summed E-state index contributed by atoms with van der Waals surface area (Å²) >= 11 is 0. The average molecular weight is 445 g/mol. The molecular weight excluding hydrogens is 412 g/mol. The van der Waals surface area contributed by atoms with Crippen LogP contribution in [-0.2, 0) is 12.8 Å². The first-order valence-corrected chi connectivity index (χ1v) is 11.4. The minimum atomic E-state index is -1.00. The van der Waals surface area contributed by atoms with E-state index in [1.54, 1.807) is 24.3 Å². The molecule has 0 fully saturated rings. The van der Waals surface area contributed by atoms with Gasteiger partial charge in [0.1, 0.15) is 0 Å². The summed E-state index contributed by atoms with van der Waals surface area (Å²) in [5.74, 6) is -1.23. The predicted molar refractivity (Wildman–Crippen MR) is 133 cm³/mol. The number of hydrogen-bond acceptors (Lipinski definition) is 2. The lowest BCUT2D eigenvalue weighted by molar-refractivity contribution is 0.0686. The SMILES string of the molecule is Cc1cc(CC(C)C)c(CC(C)C)c(-c2ccccc2C(=O)O)c1-c1ccccc1C(=O)O. The summed E-state index contributed by atoms with van der Waals surface area (Å²) in [6.07, 6.45) is 1.64. The van der Waals surface area contributed by atoms with Gasteiger partial charge in [-0.1, -0.05) is 70.2 Å². The summed E-state index contributed by atoms with van der Waals surface area (Å²) < 4.78 is 0. The van der Waals surface area contributed by atoms with Gasteiger partial charge in [0.15, 0.2) is 0 Å². The highest BCUT2D eigenvalue weighted by molar-refractivity contribution is 6.04. The molecule has 33 heavy (non-hydrogen) atoms. The van der Waals surface area contributed by atoms with E-state index in [0.29, 0.717) is 23.0 Å². The smallest absolute Gasteiger partial charge is 0.336 e. The molecule has 4 nitrogen and oxygen atoms in total. The molecule has 0 spiro atoms. The van der Waals surface area contributed by atoms with Crippen LogP contribution in [0, 0.1) is 18.8 Å². The molecule has 2 N–H and O–H groups in total. The zero-order valence-electron chi connectivity index (χ0n) is 20.0. The summed E-state index contributed by atoms with van der Waals surface area (Å²) in [4.78, 5) is 24.3. The van der Waals surface area contributed by atoms with Gasteiger partial charge in [-0.05, 0) is 82.7 Å². The highest BCUT2D eigenvalue weighted by Gasteiger charge is 2.25. The molecule has 4 heteroatoms. The van der Waals surface area contributed by atoms with Crippen LogP contribution >= 0.6 is 0 Å². The van der Waals surface area contributed by atoms with Crippen molar-refractivity contribution in [2.45, 2.75) is 47.5 Å². The van der Waals surface area contributed by atoms with E-state index in [0.717, 1.165) is 35.1 Å². The molecule has 0 aromatic heterocycles. The van der Waals surface area contributed by atoms with Gasteiger partial charge >= 0.3 is 11.9 Å². The molecule has 0 saturated carbocycles. The summed E-state index contributed by atoms with van der Waals surface area (Å²) in [6, 6.07) is 16.2. The second-order valence-corrected chi connectivity index (χ2v) is 9.48. The van der Waals surface area contributed by atoms with Gasteiger partial charge in [-0.3, -0.25) is 0 Å². The second kappa shape index (κ2) is 10.0. The van der Waals surface area contributed by atoms with Gasteiger partial charge in [0, 0.05) is 0 Å². The van der Waals surface area contributed by atoms with E-state index in [1.807, 2.05) is 31.2 Å². The summed E-state index contributed by atoms with van der Waals surface area (Å²) in [5, 5.41) is 19.9. The van der Waals surface area contributed by atoms with Gasteiger partial charge in [-0.15, -0.1) is 0 Å². The quantitative estimate of drug-likeness (QED) is 0.388. The Morgan fingerprint density at radius 2 is 1.18 bits per heavy atom. The lowest BCUT2D eigenvalue weighted by Crippen LogP contribution is -2.11. The van der Waals surface area contributed by atoms with Crippen molar-refractivity contribution in [3.8, 4) is 22.3 Å². The number of carboxylic acid groups (broad SMARTS) is 2. The molecule has 0 aliphatic heterocycles. The van der Waals surface area contributed by atoms with Gasteiger partial charge < -0.3 is 10.2 Å². The third kappa shape index (κ3) is 5.16. The first-order valence-electron chi connectivity index (χ1n) is 11.4. The van der Waals surface area contributed by atoms with Gasteiger partial charge in [0.25, 0.3) is 0 Å². The Hall–Kier alpha value is -3.40. The van der Waals surface area contributed by atoms with Crippen molar-refractivity contribution in [1.82, 2.24) is 0 Å². The van der Waals surface area contributed by atoms with Gasteiger partial charge in [0.2, 0.25) is 0 Å². The van der Waals surface area contributed by atoms with Crippen molar-refractivity contribution in [1.29, 1.82) is 0 Å². The highest BCUT2D eigenvalue weighted by atomic mass is 16.4. The number of hydrogen-bond donors (Lipinski definition) is 2. The van der Waals surface area contributed by atoms with Crippen LogP contribution in [0.15, 0.2) is 54.6 Å². The molecule has 0 heterocycles. The molecule has 172 valence electrons. The molecule has 0 amide bonds. The predicted octanol–water partition coefficient (Wildman–Crippen LogP) is 7.12. The summed E-state index contributed by atoms with van der Waals surface area (Å²) in [7, 11) is 0. The van der Waals surface area contributed by atoms with Crippen molar-refractivity contribution in [3.63, 3.8) is 0 Å². The maximum absolute atomic E-state index is 12.2. The molecule has 3 aromatic carbocycles. The largest absolute Gasteiger partial charge is 0.478 e. The van der Waals surface area contributed by atoms with Gasteiger partial charge in [-0.25, -0.2) is 9.59 Å². The summed E-state index contributed by atoms with van der Waals surface area (Å²) in [5.41, 5.74) is 6.55. The maximum Gasteiger partial charge on any atom is 0.336 e. The number of aromatic carboxylic acids is 2. The highest BCUT2D eigenvalue weighted by Crippen LogP contribution is 2.43. The molecule has 0 atom stereocenters. The molecule has 3 rings (SSSR count). The second-order valence-electron chi connectivity index (χ2n) is 9.48. The number of benzene rings is 3. The fourth-order valence-corrected chi connectivity index (χ4v) is 4.61. The minimum absolute atomic E-state index is 0.210. The Kier molecular flexibility index (Phi) is 7.37. The average Bonchev–Trinajstić information content (AvgIpc) is 2.74. The van der Waals surface area contributed by atoms with Crippen LogP contribution in [0.25, 0.3) is 22.3 Å². The van der Waals surface area contributed by atoms with E-state index in [1.165, 1.54) is 5.56 Å². The number of rotatable bonds is 8. The fraction of sp³-hybridized carbons (Fsp3) is 0.310. The van der Waals surface area contributed by atoms with E-state index in [4.69, 9.17) is 0 Å². The first-order chi connectivity index (χ1) is 15.6. The number of aryl methyl sites for hydroxylation is 1. The van der Waals surface area contributed by atoms with Crippen LogP contribution in [0.1, 0.15) is 65.1 Å². The van der Waals surface area contributed by atoms with Gasteiger partial charge in [-0.2, -0.15) is 0 Å². The Labute approximate surface area is 195 Å². The van der Waals surface area contributed by atoms with Gasteiger partial charge in [0.05, 0.1) is 11.1 Å². The zero-order chi connectivity index (χ0) is 24.3. The van der Waals surface area contributed by atoms with E-state index >= 15 is 0 Å². The normalized spacial score (nSPS) is 11.2. The van der Waals surface area contributed by atoms with E-state index in [2.05, 4.69) is 33.8 Å². The Morgan fingerprint density at radius 3 is 1.64 bits per heavy atom. The Balaban J connectivity index is 2.54. The van der Waals surface area contributed by atoms with Crippen molar-refractivity contribution < 1.29 is 19.8 Å². The van der Waals surface area contributed by atoms with Crippen LogP contribution < -0.4 is 0 Å². The van der Waals surface area contributed by atoms with E-state index in [-0.39, 0.29) is 11.1 Å². The molecule has 0 saturated heterocycles. The van der Waals surface area contributed by atoms with Crippen molar-refractivity contribution >= 4 is 11.9 Å². The lowest BCUT2D eigenvalue weighted by atomic mass is 9.78. The third-order valence-corrected chi connectivity index (χ3v) is 5.82. The molecule has 0 radical (unpaired) electrons. The summed E-state index contributed by atoms with van der Waals surface area (Å²) in [6.45, 7) is 10.6. The molecular formula is C29H32O4. The molecule has 0 aliphatic rings. The molecule has 0 aliphatic carbocycles. The van der Waals surface area contributed by atoms with E-state index < -0.39 is 11.9 Å². The maximum atomic E-state index is 12.2. The topological polar surface area (TPSA) is 74.6 Å². The lowest BCUT2D eigenvalue weighted by Gasteiger charge is -2.25.